The van der Waals surface area contributed by atoms with Gasteiger partial charge in [-0.3, -0.25) is 0 Å². The van der Waals surface area contributed by atoms with Gasteiger partial charge in [-0.2, -0.15) is 0 Å². The first-order valence-corrected chi connectivity index (χ1v) is 8.43. The fraction of sp³-hybridized carbons (Fsp3) is 0.100. The maximum absolute atomic E-state index is 14.1. The third-order valence-electron chi connectivity index (χ3n) is 4.02. The predicted molar refractivity (Wildman–Crippen MR) is 98.5 cm³/mol. The predicted octanol–water partition coefficient (Wildman–Crippen LogP) is 6.39. The fourth-order valence-electron chi connectivity index (χ4n) is 2.62. The zero-order chi connectivity index (χ0) is 16.4. The quantitative estimate of drug-likeness (QED) is 0.431. The second-order valence-electron chi connectivity index (χ2n) is 5.52. The van der Waals surface area contributed by atoms with E-state index in [1.807, 2.05) is 30.3 Å². The van der Waals surface area contributed by atoms with Crippen LogP contribution in [-0.4, -0.2) is 0 Å². The van der Waals surface area contributed by atoms with E-state index in [0.717, 1.165) is 20.3 Å². The zero-order valence-corrected chi connectivity index (χ0v) is 14.7. The van der Waals surface area contributed by atoms with Gasteiger partial charge >= 0.3 is 0 Å². The van der Waals surface area contributed by atoms with Gasteiger partial charge in [0, 0.05) is 15.1 Å². The molecule has 3 aromatic carbocycles. The van der Waals surface area contributed by atoms with E-state index in [2.05, 4.69) is 29.5 Å². The number of benzene rings is 3. The Hall–Kier alpha value is -1.75. The van der Waals surface area contributed by atoms with Crippen LogP contribution in [0.3, 0.4) is 0 Å². The lowest BCUT2D eigenvalue weighted by Crippen LogP contribution is -1.96. The summed E-state index contributed by atoms with van der Waals surface area (Å²) in [4.78, 5) is 0. The normalized spacial score (nSPS) is 12.2. The molecule has 1 unspecified atom stereocenters. The largest absolute Gasteiger partial charge is 0.207 e. The van der Waals surface area contributed by atoms with E-state index in [-0.39, 0.29) is 17.6 Å². The van der Waals surface area contributed by atoms with Crippen LogP contribution in [0.25, 0.3) is 11.1 Å². The molecule has 1 atom stereocenters. The monoisotopic (exact) mass is 420 g/mol. The van der Waals surface area contributed by atoms with E-state index in [0.29, 0.717) is 5.56 Å². The molecule has 116 valence electrons. The first-order chi connectivity index (χ1) is 11.0. The van der Waals surface area contributed by atoms with Crippen LogP contribution in [0.2, 0.25) is 0 Å². The Morgan fingerprint density at radius 1 is 0.783 bits per heavy atom. The van der Waals surface area contributed by atoms with Crippen molar-refractivity contribution in [2.45, 2.75) is 12.8 Å². The van der Waals surface area contributed by atoms with E-state index in [9.17, 15) is 8.78 Å². The number of hydrogen-bond acceptors (Lipinski definition) is 0. The first-order valence-electron chi connectivity index (χ1n) is 7.35. The molecule has 3 heteroatoms. The number of halogens is 3. The van der Waals surface area contributed by atoms with E-state index in [4.69, 9.17) is 0 Å². The molecule has 0 amide bonds. The van der Waals surface area contributed by atoms with Crippen LogP contribution in [0.1, 0.15) is 24.0 Å². The Labute approximate surface area is 148 Å². The summed E-state index contributed by atoms with van der Waals surface area (Å²) in [5, 5.41) is 0. The average Bonchev–Trinajstić information content (AvgIpc) is 2.55. The lowest BCUT2D eigenvalue weighted by molar-refractivity contribution is 0.626. The van der Waals surface area contributed by atoms with Crippen molar-refractivity contribution in [2.24, 2.45) is 0 Å². The summed E-state index contributed by atoms with van der Waals surface area (Å²) in [5.74, 6) is -0.284. The molecule has 0 saturated heterocycles. The topological polar surface area (TPSA) is 0 Å². The van der Waals surface area contributed by atoms with Gasteiger partial charge in [-0.1, -0.05) is 49.4 Å². The summed E-state index contributed by atoms with van der Waals surface area (Å²) in [6, 6.07) is 19.6. The minimum atomic E-state index is -0.231. The third-order valence-corrected chi connectivity index (χ3v) is 4.69. The molecule has 0 aromatic heterocycles. The Morgan fingerprint density at radius 2 is 1.35 bits per heavy atom. The van der Waals surface area contributed by atoms with Crippen LogP contribution in [0, 0.1) is 15.2 Å². The number of rotatable bonds is 3. The Balaban J connectivity index is 1.88. The van der Waals surface area contributed by atoms with Gasteiger partial charge in [0.05, 0.1) is 0 Å². The van der Waals surface area contributed by atoms with Crippen molar-refractivity contribution < 1.29 is 8.78 Å². The summed E-state index contributed by atoms with van der Waals surface area (Å²) in [6.07, 6.45) is 0. The molecule has 0 aliphatic heterocycles. The molecule has 0 aliphatic carbocycles. The van der Waals surface area contributed by atoms with Gasteiger partial charge in [0.2, 0.25) is 0 Å². The maximum atomic E-state index is 14.1. The Kier molecular flexibility index (Phi) is 4.76. The first kappa shape index (κ1) is 16.1. The lowest BCUT2D eigenvalue weighted by Gasteiger charge is -2.13. The molecule has 0 spiro atoms. The molecule has 0 bridgehead atoms. The highest BCUT2D eigenvalue weighted by atomic mass is 127. The molecule has 3 rings (SSSR count). The van der Waals surface area contributed by atoms with Crippen LogP contribution in [0.15, 0.2) is 66.7 Å². The highest BCUT2D eigenvalue weighted by Crippen LogP contribution is 2.29. The Bertz CT molecular complexity index is 808. The van der Waals surface area contributed by atoms with Crippen molar-refractivity contribution in [3.05, 3.63) is 93.1 Å². The van der Waals surface area contributed by atoms with Crippen molar-refractivity contribution in [2.75, 3.05) is 0 Å². The fourth-order valence-corrected chi connectivity index (χ4v) is 3.07. The van der Waals surface area contributed by atoms with E-state index in [1.54, 1.807) is 18.2 Å². The van der Waals surface area contributed by atoms with Gasteiger partial charge in [0.15, 0.2) is 0 Å². The smallest absolute Gasteiger partial charge is 0.132 e. The summed E-state index contributed by atoms with van der Waals surface area (Å²) < 4.78 is 28.0. The van der Waals surface area contributed by atoms with Crippen molar-refractivity contribution >= 4 is 22.6 Å². The van der Waals surface area contributed by atoms with E-state index < -0.39 is 0 Å². The minimum absolute atomic E-state index is 0.159. The second-order valence-corrected chi connectivity index (χ2v) is 6.77. The van der Waals surface area contributed by atoms with Crippen LogP contribution in [0.5, 0.6) is 0 Å². The number of hydrogen-bond donors (Lipinski definition) is 0. The second kappa shape index (κ2) is 6.79. The van der Waals surface area contributed by atoms with E-state index >= 15 is 0 Å². The summed E-state index contributed by atoms with van der Waals surface area (Å²) in [7, 11) is 0. The maximum Gasteiger partial charge on any atom is 0.132 e. The highest BCUT2D eigenvalue weighted by molar-refractivity contribution is 14.1. The molecule has 23 heavy (non-hydrogen) atoms. The standard InChI is InChI=1S/C20H15F2I/c1-13(15-6-8-17(21)9-7-15)14-2-4-16(5-3-14)19-11-10-18(23)12-20(19)22/h2-13H,1H3. The van der Waals surface area contributed by atoms with Gasteiger partial charge in [0.25, 0.3) is 0 Å². The summed E-state index contributed by atoms with van der Waals surface area (Å²) in [6.45, 7) is 2.08. The van der Waals surface area contributed by atoms with Gasteiger partial charge in [-0.15, -0.1) is 0 Å². The molecule has 0 N–H and O–H groups in total. The van der Waals surface area contributed by atoms with Gasteiger partial charge in [0.1, 0.15) is 11.6 Å². The highest BCUT2D eigenvalue weighted by Gasteiger charge is 2.10. The van der Waals surface area contributed by atoms with Gasteiger partial charge in [-0.05, 0) is 63.5 Å². The molecular weight excluding hydrogens is 405 g/mol. The lowest BCUT2D eigenvalue weighted by atomic mass is 9.92. The van der Waals surface area contributed by atoms with Crippen LogP contribution < -0.4 is 0 Å². The van der Waals surface area contributed by atoms with Crippen LogP contribution in [0.4, 0.5) is 8.78 Å². The molecule has 0 nitrogen and oxygen atoms in total. The van der Waals surface area contributed by atoms with E-state index in [1.165, 1.54) is 18.2 Å². The Morgan fingerprint density at radius 3 is 1.91 bits per heavy atom. The van der Waals surface area contributed by atoms with Crippen molar-refractivity contribution in [1.82, 2.24) is 0 Å². The summed E-state index contributed by atoms with van der Waals surface area (Å²) >= 11 is 2.10. The molecule has 0 heterocycles. The third kappa shape index (κ3) is 3.61. The molecule has 0 fully saturated rings. The van der Waals surface area contributed by atoms with Crippen molar-refractivity contribution in [1.29, 1.82) is 0 Å². The molecule has 0 aliphatic rings. The minimum Gasteiger partial charge on any atom is -0.207 e. The van der Waals surface area contributed by atoms with Crippen molar-refractivity contribution in [3.63, 3.8) is 0 Å². The molecular formula is C20H15F2I. The van der Waals surface area contributed by atoms with Crippen molar-refractivity contribution in [3.8, 4) is 11.1 Å². The SMILES string of the molecule is CC(c1ccc(F)cc1)c1ccc(-c2ccc(I)cc2F)cc1. The molecule has 3 aromatic rings. The van der Waals surface area contributed by atoms with Gasteiger partial charge < -0.3 is 0 Å². The summed E-state index contributed by atoms with van der Waals surface area (Å²) in [5.41, 5.74) is 3.63. The van der Waals surface area contributed by atoms with Crippen LogP contribution >= 0.6 is 22.6 Å². The molecule has 0 radical (unpaired) electrons. The molecule has 0 saturated carbocycles. The average molecular weight is 420 g/mol. The van der Waals surface area contributed by atoms with Gasteiger partial charge in [-0.25, -0.2) is 8.78 Å². The van der Waals surface area contributed by atoms with Crippen LogP contribution in [-0.2, 0) is 0 Å². The zero-order valence-electron chi connectivity index (χ0n) is 12.6.